The van der Waals surface area contributed by atoms with Gasteiger partial charge in [-0.3, -0.25) is 4.90 Å². The third-order valence-electron chi connectivity index (χ3n) is 6.28. The van der Waals surface area contributed by atoms with Crippen LogP contribution >= 0.6 is 0 Å². The van der Waals surface area contributed by atoms with Crippen LogP contribution in [0.4, 0.5) is 0 Å². The Morgan fingerprint density at radius 2 is 1.49 bits per heavy atom. The Bertz CT molecular complexity index is 1070. The minimum Gasteiger partial charge on any atom is -0.493 e. The van der Waals surface area contributed by atoms with Crippen LogP contribution in [0.1, 0.15) is 36.1 Å². The summed E-state index contributed by atoms with van der Waals surface area (Å²) in [5.41, 5.74) is 3.44. The summed E-state index contributed by atoms with van der Waals surface area (Å²) < 4.78 is 23.3. The fraction of sp³-hybridized carbons (Fsp3) is 0.379. The van der Waals surface area contributed by atoms with E-state index in [4.69, 9.17) is 18.9 Å². The predicted molar refractivity (Wildman–Crippen MR) is 139 cm³/mol. The van der Waals surface area contributed by atoms with Crippen LogP contribution < -0.4 is 24.3 Å². The molecule has 1 fully saturated rings. The van der Waals surface area contributed by atoms with Gasteiger partial charge in [-0.1, -0.05) is 42.5 Å². The maximum atomic E-state index is 6.16. The smallest absolute Gasteiger partial charge is 0.161 e. The summed E-state index contributed by atoms with van der Waals surface area (Å²) in [4.78, 5) is 2.52. The molecule has 1 unspecified atom stereocenters. The molecule has 35 heavy (non-hydrogen) atoms. The van der Waals surface area contributed by atoms with Gasteiger partial charge in [0, 0.05) is 19.6 Å². The molecule has 1 aliphatic rings. The molecular weight excluding hydrogens is 440 g/mol. The van der Waals surface area contributed by atoms with Gasteiger partial charge in [0.05, 0.1) is 26.9 Å². The van der Waals surface area contributed by atoms with E-state index in [1.165, 1.54) is 0 Å². The number of hydrogen-bond donors (Lipinski definition) is 1. The highest BCUT2D eigenvalue weighted by Gasteiger charge is 2.25. The first kappa shape index (κ1) is 24.9. The van der Waals surface area contributed by atoms with Crippen LogP contribution in [0.3, 0.4) is 0 Å². The van der Waals surface area contributed by atoms with Crippen molar-refractivity contribution in [1.29, 1.82) is 0 Å². The molecule has 1 aliphatic heterocycles. The molecule has 0 bridgehead atoms. The fourth-order valence-electron chi connectivity index (χ4n) is 4.58. The van der Waals surface area contributed by atoms with Crippen molar-refractivity contribution in [2.45, 2.75) is 26.0 Å². The first-order valence-corrected chi connectivity index (χ1v) is 12.3. The first-order chi connectivity index (χ1) is 17.2. The summed E-state index contributed by atoms with van der Waals surface area (Å²) in [5, 5.41) is 3.52. The molecule has 0 amide bonds. The quantitative estimate of drug-likeness (QED) is 0.441. The molecule has 6 heteroatoms. The molecule has 4 rings (SSSR count). The molecule has 186 valence electrons. The van der Waals surface area contributed by atoms with Gasteiger partial charge in [0.2, 0.25) is 0 Å². The lowest BCUT2D eigenvalue weighted by atomic mass is 9.95. The van der Waals surface area contributed by atoms with Crippen LogP contribution in [0, 0.1) is 0 Å². The molecule has 0 spiro atoms. The zero-order chi connectivity index (χ0) is 24.5. The number of nitrogens with one attached hydrogen (secondary N) is 1. The first-order valence-electron chi connectivity index (χ1n) is 12.3. The predicted octanol–water partition coefficient (Wildman–Crippen LogP) is 5.07. The molecule has 0 aromatic heterocycles. The third kappa shape index (κ3) is 6.27. The highest BCUT2D eigenvalue weighted by atomic mass is 16.5. The van der Waals surface area contributed by atoms with Gasteiger partial charge in [-0.2, -0.15) is 0 Å². The standard InChI is InChI=1S/C29H36N2O4/c1-4-34-28-20-24(12-14-26(28)35-21-22-9-6-5-7-10-22)29(31-17-8-15-30-16-18-31)23-11-13-25(32-2)27(19-23)33-3/h5-7,9-14,19-20,29-30H,4,8,15-18,21H2,1-3H3. The maximum Gasteiger partial charge on any atom is 0.161 e. The molecule has 6 nitrogen and oxygen atoms in total. The van der Waals surface area contributed by atoms with Crippen LogP contribution in [0.25, 0.3) is 0 Å². The second-order valence-corrected chi connectivity index (χ2v) is 8.57. The Morgan fingerprint density at radius 1 is 0.771 bits per heavy atom. The zero-order valence-electron chi connectivity index (χ0n) is 21.0. The van der Waals surface area contributed by atoms with Crippen LogP contribution in [0.2, 0.25) is 0 Å². The normalized spacial score (nSPS) is 15.2. The molecule has 0 aliphatic carbocycles. The van der Waals surface area contributed by atoms with Gasteiger partial charge in [0.1, 0.15) is 6.61 Å². The van der Waals surface area contributed by atoms with Crippen molar-refractivity contribution in [2.24, 2.45) is 0 Å². The van der Waals surface area contributed by atoms with Gasteiger partial charge >= 0.3 is 0 Å². The molecule has 1 heterocycles. The molecular formula is C29H36N2O4. The number of hydrogen-bond acceptors (Lipinski definition) is 6. The summed E-state index contributed by atoms with van der Waals surface area (Å²) in [7, 11) is 3.34. The van der Waals surface area contributed by atoms with Gasteiger partial charge < -0.3 is 24.3 Å². The average Bonchev–Trinajstić information content (AvgIpc) is 3.18. The Morgan fingerprint density at radius 3 is 2.20 bits per heavy atom. The van der Waals surface area contributed by atoms with E-state index in [0.717, 1.165) is 72.3 Å². The Kier molecular flexibility index (Phi) is 8.87. The van der Waals surface area contributed by atoms with E-state index in [1.54, 1.807) is 14.2 Å². The van der Waals surface area contributed by atoms with E-state index in [9.17, 15) is 0 Å². The largest absolute Gasteiger partial charge is 0.493 e. The second kappa shape index (κ2) is 12.5. The second-order valence-electron chi connectivity index (χ2n) is 8.57. The lowest BCUT2D eigenvalue weighted by molar-refractivity contribution is 0.238. The van der Waals surface area contributed by atoms with E-state index in [-0.39, 0.29) is 6.04 Å². The van der Waals surface area contributed by atoms with Crippen LogP contribution in [-0.4, -0.2) is 51.9 Å². The Hall–Kier alpha value is -3.22. The topological polar surface area (TPSA) is 52.2 Å². The number of methoxy groups -OCH3 is 2. The highest BCUT2D eigenvalue weighted by molar-refractivity contribution is 5.49. The van der Waals surface area contributed by atoms with Crippen LogP contribution in [0.5, 0.6) is 23.0 Å². The lowest BCUT2D eigenvalue weighted by Gasteiger charge is -2.32. The van der Waals surface area contributed by atoms with E-state index in [1.807, 2.05) is 37.3 Å². The van der Waals surface area contributed by atoms with Crippen molar-refractivity contribution in [3.8, 4) is 23.0 Å². The molecule has 1 saturated heterocycles. The summed E-state index contributed by atoms with van der Waals surface area (Å²) in [5.74, 6) is 2.98. The summed E-state index contributed by atoms with van der Waals surface area (Å²) >= 11 is 0. The van der Waals surface area contributed by atoms with Crippen molar-refractivity contribution in [1.82, 2.24) is 10.2 Å². The van der Waals surface area contributed by atoms with Gasteiger partial charge in [0.25, 0.3) is 0 Å². The summed E-state index contributed by atoms with van der Waals surface area (Å²) in [6.07, 6.45) is 1.10. The number of benzene rings is 3. The van der Waals surface area contributed by atoms with Crippen molar-refractivity contribution >= 4 is 0 Å². The Balaban J connectivity index is 1.69. The molecule has 1 N–H and O–H groups in total. The van der Waals surface area contributed by atoms with E-state index >= 15 is 0 Å². The Labute approximate surface area is 208 Å². The molecule has 3 aromatic carbocycles. The monoisotopic (exact) mass is 476 g/mol. The zero-order valence-corrected chi connectivity index (χ0v) is 21.0. The van der Waals surface area contributed by atoms with E-state index in [0.29, 0.717) is 13.2 Å². The van der Waals surface area contributed by atoms with Crippen molar-refractivity contribution in [3.63, 3.8) is 0 Å². The number of ether oxygens (including phenoxy) is 4. The number of nitrogens with zero attached hydrogens (tertiary/aromatic N) is 1. The summed E-state index contributed by atoms with van der Waals surface area (Å²) in [6.45, 7) is 7.01. The molecule has 0 saturated carbocycles. The van der Waals surface area contributed by atoms with Crippen LogP contribution in [0.15, 0.2) is 66.7 Å². The van der Waals surface area contributed by atoms with Crippen LogP contribution in [-0.2, 0) is 6.61 Å². The van der Waals surface area contributed by atoms with Gasteiger partial charge in [-0.15, -0.1) is 0 Å². The van der Waals surface area contributed by atoms with Crippen molar-refractivity contribution in [2.75, 3.05) is 47.0 Å². The molecule has 1 atom stereocenters. The van der Waals surface area contributed by atoms with Gasteiger partial charge in [-0.25, -0.2) is 0 Å². The SMILES string of the molecule is CCOc1cc(C(c2ccc(OC)c(OC)c2)N2CCCNCC2)ccc1OCc1ccccc1. The van der Waals surface area contributed by atoms with Crippen molar-refractivity contribution in [3.05, 3.63) is 83.4 Å². The summed E-state index contributed by atoms with van der Waals surface area (Å²) in [6, 6.07) is 22.8. The lowest BCUT2D eigenvalue weighted by Crippen LogP contribution is -2.33. The van der Waals surface area contributed by atoms with E-state index < -0.39 is 0 Å². The van der Waals surface area contributed by atoms with Gasteiger partial charge in [-0.05, 0) is 60.8 Å². The molecule has 3 aromatic rings. The van der Waals surface area contributed by atoms with Crippen molar-refractivity contribution < 1.29 is 18.9 Å². The van der Waals surface area contributed by atoms with E-state index in [2.05, 4.69) is 46.6 Å². The van der Waals surface area contributed by atoms with Gasteiger partial charge in [0.15, 0.2) is 23.0 Å². The fourth-order valence-corrected chi connectivity index (χ4v) is 4.58. The highest BCUT2D eigenvalue weighted by Crippen LogP contribution is 2.39. The maximum absolute atomic E-state index is 6.16. The average molecular weight is 477 g/mol. The third-order valence-corrected chi connectivity index (χ3v) is 6.28. The number of rotatable bonds is 10. The minimum atomic E-state index is 0.0529. The minimum absolute atomic E-state index is 0.0529. The molecule has 0 radical (unpaired) electrons.